The van der Waals surface area contributed by atoms with Gasteiger partial charge in [-0.2, -0.15) is 0 Å². The Morgan fingerprint density at radius 1 is 1.00 bits per heavy atom. The quantitative estimate of drug-likeness (QED) is 0.610. The van der Waals surface area contributed by atoms with E-state index in [0.717, 1.165) is 25.0 Å². The van der Waals surface area contributed by atoms with Crippen molar-refractivity contribution in [3.8, 4) is 0 Å². The average Bonchev–Trinajstić information content (AvgIpc) is 1.95. The highest BCUT2D eigenvalue weighted by Gasteiger charge is 2.31. The molecule has 0 radical (unpaired) electrons. The van der Waals surface area contributed by atoms with Crippen LogP contribution in [0.1, 0.15) is 40.0 Å². The molecule has 2 unspecified atom stereocenters. The SMILES string of the molecule is CC(C)(C)N1CC2CCCC(COC2)C1. The van der Waals surface area contributed by atoms with Crippen LogP contribution >= 0.6 is 0 Å². The Labute approximate surface area is 94.0 Å². The molecule has 0 aromatic heterocycles. The van der Waals surface area contributed by atoms with Crippen molar-refractivity contribution in [2.24, 2.45) is 11.8 Å². The molecular weight excluding hydrogens is 186 g/mol. The van der Waals surface area contributed by atoms with Gasteiger partial charge in [-0.05, 0) is 45.4 Å². The lowest BCUT2D eigenvalue weighted by Crippen LogP contribution is -2.50. The number of ether oxygens (including phenoxy) is 1. The molecule has 0 aromatic rings. The monoisotopic (exact) mass is 211 g/mol. The Hall–Kier alpha value is -0.0800. The van der Waals surface area contributed by atoms with Gasteiger partial charge in [0, 0.05) is 18.6 Å². The van der Waals surface area contributed by atoms with Gasteiger partial charge in [-0.1, -0.05) is 6.42 Å². The highest BCUT2D eigenvalue weighted by atomic mass is 16.5. The molecule has 0 spiro atoms. The minimum absolute atomic E-state index is 0.325. The van der Waals surface area contributed by atoms with Crippen molar-refractivity contribution in [1.82, 2.24) is 4.90 Å². The number of nitrogens with zero attached hydrogens (tertiary/aromatic N) is 1. The zero-order chi connectivity index (χ0) is 10.9. The van der Waals surface area contributed by atoms with E-state index in [1.807, 2.05) is 0 Å². The molecule has 3 rings (SSSR count). The number of hydrogen-bond donors (Lipinski definition) is 0. The molecule has 2 bridgehead atoms. The molecule has 3 aliphatic rings. The molecule has 0 aliphatic carbocycles. The van der Waals surface area contributed by atoms with E-state index in [4.69, 9.17) is 4.74 Å². The molecule has 0 amide bonds. The Bertz CT molecular complexity index is 185. The molecule has 0 saturated carbocycles. The van der Waals surface area contributed by atoms with E-state index in [1.54, 1.807) is 0 Å². The van der Waals surface area contributed by atoms with Crippen molar-refractivity contribution in [3.63, 3.8) is 0 Å². The first-order valence-electron chi connectivity index (χ1n) is 6.38. The minimum Gasteiger partial charge on any atom is -0.381 e. The Morgan fingerprint density at radius 3 is 2.00 bits per heavy atom. The maximum Gasteiger partial charge on any atom is 0.0506 e. The van der Waals surface area contributed by atoms with Gasteiger partial charge in [0.25, 0.3) is 0 Å². The van der Waals surface area contributed by atoms with Gasteiger partial charge < -0.3 is 4.74 Å². The average molecular weight is 211 g/mol. The third-order valence-electron chi connectivity index (χ3n) is 3.84. The van der Waals surface area contributed by atoms with Crippen LogP contribution in [0.25, 0.3) is 0 Å². The Balaban J connectivity index is 2.08. The molecule has 3 heterocycles. The normalized spacial score (nSPS) is 34.6. The van der Waals surface area contributed by atoms with Crippen molar-refractivity contribution < 1.29 is 4.74 Å². The maximum absolute atomic E-state index is 5.78. The van der Waals surface area contributed by atoms with Crippen LogP contribution in [0.2, 0.25) is 0 Å². The van der Waals surface area contributed by atoms with Crippen molar-refractivity contribution in [2.75, 3.05) is 26.3 Å². The molecule has 0 N–H and O–H groups in total. The van der Waals surface area contributed by atoms with Crippen molar-refractivity contribution in [1.29, 1.82) is 0 Å². The van der Waals surface area contributed by atoms with Crippen LogP contribution in [0.5, 0.6) is 0 Å². The predicted octanol–water partition coefficient (Wildman–Crippen LogP) is 2.53. The second-order valence-corrected chi connectivity index (χ2v) is 6.28. The molecule has 0 aromatic carbocycles. The zero-order valence-corrected chi connectivity index (χ0v) is 10.5. The van der Waals surface area contributed by atoms with Gasteiger partial charge in [-0.25, -0.2) is 0 Å². The smallest absolute Gasteiger partial charge is 0.0506 e. The summed E-state index contributed by atoms with van der Waals surface area (Å²) in [4.78, 5) is 2.67. The van der Waals surface area contributed by atoms with Gasteiger partial charge in [0.15, 0.2) is 0 Å². The summed E-state index contributed by atoms with van der Waals surface area (Å²) in [6.07, 6.45) is 4.14. The van der Waals surface area contributed by atoms with Gasteiger partial charge in [0.1, 0.15) is 0 Å². The minimum atomic E-state index is 0.325. The van der Waals surface area contributed by atoms with Gasteiger partial charge >= 0.3 is 0 Å². The third kappa shape index (κ3) is 2.94. The highest BCUT2D eigenvalue weighted by molar-refractivity contribution is 4.84. The van der Waals surface area contributed by atoms with E-state index in [-0.39, 0.29) is 0 Å². The van der Waals surface area contributed by atoms with Crippen LogP contribution in [-0.2, 0) is 4.74 Å². The Morgan fingerprint density at radius 2 is 1.53 bits per heavy atom. The standard InChI is InChI=1S/C13H25NO/c1-13(2,3)14-7-11-5-4-6-12(8-14)10-15-9-11/h11-12H,4-10H2,1-3H3. The molecule has 2 atom stereocenters. The lowest BCUT2D eigenvalue weighted by atomic mass is 9.89. The number of fused-ring (bicyclic) bond motifs is 6. The van der Waals surface area contributed by atoms with E-state index < -0.39 is 0 Å². The summed E-state index contributed by atoms with van der Waals surface area (Å²) in [6.45, 7) is 11.5. The molecule has 88 valence electrons. The van der Waals surface area contributed by atoms with Crippen LogP contribution in [0.4, 0.5) is 0 Å². The molecule has 2 heteroatoms. The van der Waals surface area contributed by atoms with Gasteiger partial charge in [-0.15, -0.1) is 0 Å². The molecule has 2 nitrogen and oxygen atoms in total. The van der Waals surface area contributed by atoms with E-state index in [1.165, 1.54) is 32.4 Å². The van der Waals surface area contributed by atoms with E-state index in [0.29, 0.717) is 5.54 Å². The van der Waals surface area contributed by atoms with Crippen molar-refractivity contribution in [2.45, 2.75) is 45.6 Å². The fourth-order valence-corrected chi connectivity index (χ4v) is 2.80. The second kappa shape index (κ2) is 4.42. The first-order chi connectivity index (χ1) is 7.05. The zero-order valence-electron chi connectivity index (χ0n) is 10.5. The topological polar surface area (TPSA) is 12.5 Å². The second-order valence-electron chi connectivity index (χ2n) is 6.28. The van der Waals surface area contributed by atoms with E-state index in [2.05, 4.69) is 25.7 Å². The van der Waals surface area contributed by atoms with Crippen LogP contribution in [0.3, 0.4) is 0 Å². The summed E-state index contributed by atoms with van der Waals surface area (Å²) in [6, 6.07) is 0. The van der Waals surface area contributed by atoms with Crippen LogP contribution in [-0.4, -0.2) is 36.7 Å². The molecule has 15 heavy (non-hydrogen) atoms. The summed E-state index contributed by atoms with van der Waals surface area (Å²) in [7, 11) is 0. The number of hydrogen-bond acceptors (Lipinski definition) is 2. The summed E-state index contributed by atoms with van der Waals surface area (Å²) in [5.41, 5.74) is 0.325. The summed E-state index contributed by atoms with van der Waals surface area (Å²) in [5, 5.41) is 0. The molecular formula is C13H25NO. The molecule has 3 saturated heterocycles. The van der Waals surface area contributed by atoms with E-state index in [9.17, 15) is 0 Å². The highest BCUT2D eigenvalue weighted by Crippen LogP contribution is 2.28. The number of rotatable bonds is 0. The van der Waals surface area contributed by atoms with Gasteiger partial charge in [0.05, 0.1) is 13.2 Å². The maximum atomic E-state index is 5.78. The lowest BCUT2D eigenvalue weighted by Gasteiger charge is -2.43. The fourth-order valence-electron chi connectivity index (χ4n) is 2.80. The summed E-state index contributed by atoms with van der Waals surface area (Å²) in [5.74, 6) is 1.54. The van der Waals surface area contributed by atoms with Crippen LogP contribution < -0.4 is 0 Å². The first-order valence-corrected chi connectivity index (χ1v) is 6.38. The predicted molar refractivity (Wildman–Crippen MR) is 63.0 cm³/mol. The molecule has 3 fully saturated rings. The third-order valence-corrected chi connectivity index (χ3v) is 3.84. The largest absolute Gasteiger partial charge is 0.381 e. The molecule has 3 aliphatic heterocycles. The van der Waals surface area contributed by atoms with E-state index >= 15 is 0 Å². The fraction of sp³-hybridized carbons (Fsp3) is 1.00. The van der Waals surface area contributed by atoms with Crippen molar-refractivity contribution >= 4 is 0 Å². The summed E-state index contributed by atoms with van der Waals surface area (Å²) < 4.78 is 5.78. The van der Waals surface area contributed by atoms with Gasteiger partial charge in [-0.3, -0.25) is 4.90 Å². The van der Waals surface area contributed by atoms with Crippen LogP contribution in [0.15, 0.2) is 0 Å². The van der Waals surface area contributed by atoms with Gasteiger partial charge in [0.2, 0.25) is 0 Å². The first kappa shape index (κ1) is 11.4. The van der Waals surface area contributed by atoms with Crippen LogP contribution in [0, 0.1) is 11.8 Å². The Kier molecular flexibility index (Phi) is 3.36. The lowest BCUT2D eigenvalue weighted by molar-refractivity contribution is -0.0259. The summed E-state index contributed by atoms with van der Waals surface area (Å²) >= 11 is 0. The van der Waals surface area contributed by atoms with Crippen molar-refractivity contribution in [3.05, 3.63) is 0 Å².